The molecule has 1 amide bonds. The lowest BCUT2D eigenvalue weighted by molar-refractivity contribution is 0.00882. The van der Waals surface area contributed by atoms with Gasteiger partial charge in [-0.15, -0.1) is 11.3 Å². The SMILES string of the molecule is Cn1nc(-c2ccc(C(=O)N3CCC(C#N)CC3)s2)cc1C(C)(F)F. The zero-order chi connectivity index (χ0) is 18.2. The summed E-state index contributed by atoms with van der Waals surface area (Å²) in [4.78, 5) is 15.6. The molecule has 0 N–H and O–H groups in total. The third-order valence-electron chi connectivity index (χ3n) is 4.36. The van der Waals surface area contributed by atoms with Gasteiger partial charge in [-0.1, -0.05) is 0 Å². The highest BCUT2D eigenvalue weighted by Gasteiger charge is 2.30. The molecular weight excluding hydrogens is 346 g/mol. The van der Waals surface area contributed by atoms with Crippen LogP contribution in [0.25, 0.3) is 10.6 Å². The van der Waals surface area contributed by atoms with Gasteiger partial charge in [-0.25, -0.2) is 0 Å². The number of piperidine rings is 1. The van der Waals surface area contributed by atoms with Gasteiger partial charge in [-0.2, -0.15) is 19.1 Å². The Morgan fingerprint density at radius 1 is 1.40 bits per heavy atom. The molecule has 0 aromatic carbocycles. The molecule has 0 saturated carbocycles. The number of hydrogen-bond acceptors (Lipinski definition) is 4. The molecule has 1 aliphatic rings. The normalized spacial score (nSPS) is 16.0. The van der Waals surface area contributed by atoms with E-state index in [9.17, 15) is 13.6 Å². The first-order chi connectivity index (χ1) is 11.8. The van der Waals surface area contributed by atoms with Crippen molar-refractivity contribution in [2.75, 3.05) is 13.1 Å². The average molecular weight is 364 g/mol. The Bertz CT molecular complexity index is 823. The van der Waals surface area contributed by atoms with E-state index in [1.807, 2.05) is 0 Å². The molecule has 1 saturated heterocycles. The molecule has 0 atom stereocenters. The van der Waals surface area contributed by atoms with Gasteiger partial charge < -0.3 is 4.90 Å². The second kappa shape index (κ2) is 6.56. The molecule has 25 heavy (non-hydrogen) atoms. The van der Waals surface area contributed by atoms with Gasteiger partial charge in [0.2, 0.25) is 0 Å². The number of carbonyl (C=O) groups is 1. The molecule has 0 spiro atoms. The van der Waals surface area contributed by atoms with Gasteiger partial charge >= 0.3 is 0 Å². The number of hydrogen-bond donors (Lipinski definition) is 0. The monoisotopic (exact) mass is 364 g/mol. The molecule has 0 aliphatic carbocycles. The molecule has 1 aliphatic heterocycles. The fourth-order valence-electron chi connectivity index (χ4n) is 2.96. The van der Waals surface area contributed by atoms with Crippen molar-refractivity contribution in [3.63, 3.8) is 0 Å². The number of carbonyl (C=O) groups excluding carboxylic acids is 1. The van der Waals surface area contributed by atoms with Crippen LogP contribution in [-0.2, 0) is 13.0 Å². The van der Waals surface area contributed by atoms with Crippen molar-refractivity contribution in [3.8, 4) is 16.6 Å². The van der Waals surface area contributed by atoms with Crippen LogP contribution in [0, 0.1) is 17.2 Å². The van der Waals surface area contributed by atoms with Crippen LogP contribution in [0.5, 0.6) is 0 Å². The molecular formula is C17H18F2N4OS. The largest absolute Gasteiger partial charge is 0.338 e. The van der Waals surface area contributed by atoms with Gasteiger partial charge in [-0.05, 0) is 31.0 Å². The van der Waals surface area contributed by atoms with Crippen molar-refractivity contribution < 1.29 is 13.6 Å². The number of alkyl halides is 2. The van der Waals surface area contributed by atoms with Crippen molar-refractivity contribution in [2.24, 2.45) is 13.0 Å². The number of aromatic nitrogens is 2. The number of aryl methyl sites for hydroxylation is 1. The number of nitriles is 1. The summed E-state index contributed by atoms with van der Waals surface area (Å²) in [6.07, 6.45) is 1.38. The third-order valence-corrected chi connectivity index (χ3v) is 5.46. The summed E-state index contributed by atoms with van der Waals surface area (Å²) >= 11 is 1.25. The highest BCUT2D eigenvalue weighted by molar-refractivity contribution is 7.17. The van der Waals surface area contributed by atoms with E-state index < -0.39 is 5.92 Å². The molecule has 2 aromatic rings. The molecule has 1 fully saturated rings. The Morgan fingerprint density at radius 3 is 2.64 bits per heavy atom. The number of halogens is 2. The van der Waals surface area contributed by atoms with Crippen LogP contribution in [0.1, 0.15) is 35.1 Å². The van der Waals surface area contributed by atoms with Gasteiger partial charge in [0, 0.05) is 33.0 Å². The van der Waals surface area contributed by atoms with E-state index in [0.717, 1.165) is 6.92 Å². The minimum Gasteiger partial charge on any atom is -0.338 e. The van der Waals surface area contributed by atoms with Crippen LogP contribution in [0.4, 0.5) is 8.78 Å². The summed E-state index contributed by atoms with van der Waals surface area (Å²) in [6.45, 7) is 1.97. The summed E-state index contributed by atoms with van der Waals surface area (Å²) in [5.74, 6) is -3.03. The smallest absolute Gasteiger partial charge is 0.286 e. The zero-order valence-electron chi connectivity index (χ0n) is 14.0. The second-order valence-electron chi connectivity index (χ2n) is 6.29. The quantitative estimate of drug-likeness (QED) is 0.835. The second-order valence-corrected chi connectivity index (χ2v) is 7.37. The highest BCUT2D eigenvalue weighted by atomic mass is 32.1. The van der Waals surface area contributed by atoms with E-state index in [4.69, 9.17) is 5.26 Å². The minimum atomic E-state index is -2.97. The number of thiophene rings is 1. The fraction of sp³-hybridized carbons (Fsp3) is 0.471. The van der Waals surface area contributed by atoms with Gasteiger partial charge in [0.05, 0.1) is 15.8 Å². The topological polar surface area (TPSA) is 61.9 Å². The van der Waals surface area contributed by atoms with E-state index in [0.29, 0.717) is 41.4 Å². The molecule has 8 heteroatoms. The molecule has 2 aromatic heterocycles. The highest BCUT2D eigenvalue weighted by Crippen LogP contribution is 2.33. The van der Waals surface area contributed by atoms with Crippen molar-refractivity contribution in [1.82, 2.24) is 14.7 Å². The Morgan fingerprint density at radius 2 is 2.08 bits per heavy atom. The standard InChI is InChI=1S/C17H18F2N4OS/c1-17(18,19)15-9-12(21-22(15)2)13-3-4-14(25-13)16(24)23-7-5-11(10-20)6-8-23/h3-4,9,11H,5-8H2,1-2H3. The first-order valence-corrected chi connectivity index (χ1v) is 8.82. The van der Waals surface area contributed by atoms with Crippen LogP contribution < -0.4 is 0 Å². The number of rotatable bonds is 3. The fourth-order valence-corrected chi connectivity index (χ4v) is 3.89. The van der Waals surface area contributed by atoms with Gasteiger partial charge in [0.1, 0.15) is 11.4 Å². The summed E-state index contributed by atoms with van der Waals surface area (Å²) in [5, 5.41) is 13.1. The molecule has 0 bridgehead atoms. The lowest BCUT2D eigenvalue weighted by atomic mass is 9.98. The summed E-state index contributed by atoms with van der Waals surface area (Å²) in [7, 11) is 1.48. The van der Waals surface area contributed by atoms with Crippen molar-refractivity contribution in [1.29, 1.82) is 5.26 Å². The predicted molar refractivity (Wildman–Crippen MR) is 90.3 cm³/mol. The number of amides is 1. The molecule has 132 valence electrons. The maximum Gasteiger partial charge on any atom is 0.286 e. The van der Waals surface area contributed by atoms with E-state index >= 15 is 0 Å². The molecule has 5 nitrogen and oxygen atoms in total. The van der Waals surface area contributed by atoms with E-state index in [-0.39, 0.29) is 17.5 Å². The van der Waals surface area contributed by atoms with Crippen molar-refractivity contribution in [3.05, 3.63) is 28.8 Å². The Labute approximate surface area is 148 Å². The first-order valence-electron chi connectivity index (χ1n) is 8.01. The maximum atomic E-state index is 13.5. The minimum absolute atomic E-state index is 0.0191. The zero-order valence-corrected chi connectivity index (χ0v) is 14.8. The Hall–Kier alpha value is -2.27. The van der Waals surface area contributed by atoms with Crippen molar-refractivity contribution in [2.45, 2.75) is 25.7 Å². The van der Waals surface area contributed by atoms with Crippen LogP contribution in [0.15, 0.2) is 18.2 Å². The Balaban J connectivity index is 1.77. The molecule has 3 heterocycles. The van der Waals surface area contributed by atoms with Crippen LogP contribution in [0.3, 0.4) is 0 Å². The van der Waals surface area contributed by atoms with Gasteiger partial charge in [0.15, 0.2) is 0 Å². The van der Waals surface area contributed by atoms with Crippen LogP contribution >= 0.6 is 11.3 Å². The maximum absolute atomic E-state index is 13.5. The lowest BCUT2D eigenvalue weighted by Gasteiger charge is -2.28. The van der Waals surface area contributed by atoms with Crippen LogP contribution in [0.2, 0.25) is 0 Å². The molecule has 0 radical (unpaired) electrons. The van der Waals surface area contributed by atoms with Gasteiger partial charge in [0.25, 0.3) is 11.8 Å². The summed E-state index contributed by atoms with van der Waals surface area (Å²) in [5.41, 5.74) is 0.272. The number of likely N-dealkylation sites (tertiary alicyclic amines) is 1. The average Bonchev–Trinajstić information content (AvgIpc) is 3.20. The van der Waals surface area contributed by atoms with E-state index in [1.165, 1.54) is 29.1 Å². The van der Waals surface area contributed by atoms with Crippen LogP contribution in [-0.4, -0.2) is 33.7 Å². The van der Waals surface area contributed by atoms with Crippen molar-refractivity contribution >= 4 is 17.2 Å². The summed E-state index contributed by atoms with van der Waals surface area (Å²) < 4.78 is 28.3. The lowest BCUT2D eigenvalue weighted by Crippen LogP contribution is -2.37. The first kappa shape index (κ1) is 17.5. The number of nitrogens with zero attached hydrogens (tertiary/aromatic N) is 4. The molecule has 0 unspecified atom stereocenters. The predicted octanol–water partition coefficient (Wildman–Crippen LogP) is 3.64. The summed E-state index contributed by atoms with van der Waals surface area (Å²) in [6, 6.07) is 7.04. The Kier molecular flexibility index (Phi) is 4.60. The molecule has 3 rings (SSSR count). The van der Waals surface area contributed by atoms with E-state index in [1.54, 1.807) is 17.0 Å². The third kappa shape index (κ3) is 3.56. The van der Waals surface area contributed by atoms with Gasteiger partial charge in [-0.3, -0.25) is 9.48 Å². The van der Waals surface area contributed by atoms with E-state index in [2.05, 4.69) is 11.2 Å².